The number of carbonyl (C=O) groups is 1. The van der Waals surface area contributed by atoms with Gasteiger partial charge in [0.05, 0.1) is 5.69 Å². The number of para-hydroxylation sites is 2. The Morgan fingerprint density at radius 3 is 2.55 bits per heavy atom. The molecule has 0 aromatic heterocycles. The summed E-state index contributed by atoms with van der Waals surface area (Å²) in [6.07, 6.45) is 0.958. The third-order valence-corrected chi connectivity index (χ3v) is 3.04. The molecule has 0 fully saturated rings. The second kappa shape index (κ2) is 8.43. The molecule has 0 atom stereocenters. The van der Waals surface area contributed by atoms with E-state index in [4.69, 9.17) is 10.5 Å². The highest BCUT2D eigenvalue weighted by atomic mass is 16.5. The highest BCUT2D eigenvalue weighted by Crippen LogP contribution is 2.19. The largest absolute Gasteiger partial charge is 0.482 e. The van der Waals surface area contributed by atoms with E-state index < -0.39 is 0 Å². The van der Waals surface area contributed by atoms with Crippen LogP contribution < -0.4 is 10.5 Å². The Labute approximate surface area is 121 Å². The quantitative estimate of drug-likeness (QED) is 0.732. The third-order valence-electron chi connectivity index (χ3n) is 3.04. The highest BCUT2D eigenvalue weighted by Gasteiger charge is 2.12. The van der Waals surface area contributed by atoms with Crippen LogP contribution in [0.5, 0.6) is 5.75 Å². The van der Waals surface area contributed by atoms with Crippen LogP contribution in [-0.2, 0) is 4.79 Å². The van der Waals surface area contributed by atoms with Gasteiger partial charge in [-0.3, -0.25) is 4.79 Å². The Morgan fingerprint density at radius 2 is 1.95 bits per heavy atom. The number of hydrogen-bond acceptors (Lipinski definition) is 4. The predicted octanol–water partition coefficient (Wildman–Crippen LogP) is 1.45. The van der Waals surface area contributed by atoms with E-state index in [1.807, 2.05) is 38.1 Å². The maximum atomic E-state index is 12.1. The lowest BCUT2D eigenvalue weighted by Gasteiger charge is -2.22. The third kappa shape index (κ3) is 5.48. The minimum absolute atomic E-state index is 0.00508. The first-order valence-electron chi connectivity index (χ1n) is 6.94. The maximum Gasteiger partial charge on any atom is 0.260 e. The van der Waals surface area contributed by atoms with Gasteiger partial charge in [-0.15, -0.1) is 0 Å². The van der Waals surface area contributed by atoms with Crippen LogP contribution >= 0.6 is 0 Å². The summed E-state index contributed by atoms with van der Waals surface area (Å²) in [7, 11) is 4.05. The van der Waals surface area contributed by atoms with Gasteiger partial charge in [-0.25, -0.2) is 0 Å². The Hall–Kier alpha value is -1.75. The maximum absolute atomic E-state index is 12.1. The summed E-state index contributed by atoms with van der Waals surface area (Å²) in [5.41, 5.74) is 6.33. The summed E-state index contributed by atoms with van der Waals surface area (Å²) in [5, 5.41) is 0. The first kappa shape index (κ1) is 16.3. The van der Waals surface area contributed by atoms with Crippen molar-refractivity contribution >= 4 is 11.6 Å². The molecule has 20 heavy (non-hydrogen) atoms. The molecule has 1 aromatic carbocycles. The molecule has 1 rings (SSSR count). The van der Waals surface area contributed by atoms with Crippen LogP contribution in [0.2, 0.25) is 0 Å². The highest BCUT2D eigenvalue weighted by molar-refractivity contribution is 5.78. The molecule has 0 saturated carbocycles. The molecule has 0 bridgehead atoms. The minimum atomic E-state index is -0.00508. The molecule has 2 N–H and O–H groups in total. The van der Waals surface area contributed by atoms with Crippen LogP contribution in [0.1, 0.15) is 13.3 Å². The molecule has 0 saturated heterocycles. The van der Waals surface area contributed by atoms with Gasteiger partial charge < -0.3 is 20.3 Å². The number of nitrogens with two attached hydrogens (primary N) is 1. The van der Waals surface area contributed by atoms with Gasteiger partial charge in [-0.2, -0.15) is 0 Å². The van der Waals surface area contributed by atoms with Crippen LogP contribution in [0.15, 0.2) is 24.3 Å². The van der Waals surface area contributed by atoms with Crippen LogP contribution in [-0.4, -0.2) is 56.0 Å². The normalized spacial score (nSPS) is 10.6. The molecule has 0 aliphatic rings. The van der Waals surface area contributed by atoms with Gasteiger partial charge in [0.15, 0.2) is 6.61 Å². The number of hydrogen-bond donors (Lipinski definition) is 1. The average Bonchev–Trinajstić information content (AvgIpc) is 2.42. The summed E-state index contributed by atoms with van der Waals surface area (Å²) in [4.78, 5) is 16.0. The molecule has 0 radical (unpaired) electrons. The smallest absolute Gasteiger partial charge is 0.260 e. The predicted molar refractivity (Wildman–Crippen MR) is 81.8 cm³/mol. The number of nitrogens with zero attached hydrogens (tertiary/aromatic N) is 2. The fourth-order valence-corrected chi connectivity index (χ4v) is 1.88. The Bertz CT molecular complexity index is 421. The van der Waals surface area contributed by atoms with E-state index in [0.29, 0.717) is 18.0 Å². The zero-order chi connectivity index (χ0) is 15.0. The van der Waals surface area contributed by atoms with Crippen molar-refractivity contribution in [3.05, 3.63) is 24.3 Å². The van der Waals surface area contributed by atoms with E-state index in [2.05, 4.69) is 4.90 Å². The molecule has 1 amide bonds. The van der Waals surface area contributed by atoms with Crippen molar-refractivity contribution < 1.29 is 9.53 Å². The van der Waals surface area contributed by atoms with E-state index in [0.717, 1.165) is 19.5 Å². The van der Waals surface area contributed by atoms with Gasteiger partial charge in [0, 0.05) is 13.1 Å². The number of anilines is 1. The van der Waals surface area contributed by atoms with Crippen molar-refractivity contribution in [3.8, 4) is 5.75 Å². The molecular weight excluding hydrogens is 254 g/mol. The van der Waals surface area contributed by atoms with Crippen molar-refractivity contribution in [2.75, 3.05) is 46.1 Å². The lowest BCUT2D eigenvalue weighted by Crippen LogP contribution is -2.36. The molecule has 5 heteroatoms. The summed E-state index contributed by atoms with van der Waals surface area (Å²) >= 11 is 0. The number of benzene rings is 1. The van der Waals surface area contributed by atoms with Gasteiger partial charge in [-0.1, -0.05) is 12.1 Å². The molecule has 0 unspecified atom stereocenters. The second-order valence-corrected chi connectivity index (χ2v) is 4.96. The van der Waals surface area contributed by atoms with E-state index in [1.54, 1.807) is 12.1 Å². The number of amides is 1. The van der Waals surface area contributed by atoms with Gasteiger partial charge in [0.1, 0.15) is 5.75 Å². The Morgan fingerprint density at radius 1 is 1.25 bits per heavy atom. The molecule has 0 spiro atoms. The lowest BCUT2D eigenvalue weighted by molar-refractivity contribution is -0.133. The van der Waals surface area contributed by atoms with Crippen LogP contribution in [0, 0.1) is 0 Å². The number of ether oxygens (including phenoxy) is 1. The SMILES string of the molecule is CCN(CCCN(C)C)C(=O)COc1ccccc1N. The van der Waals surface area contributed by atoms with Crippen molar-refractivity contribution in [1.29, 1.82) is 0 Å². The van der Waals surface area contributed by atoms with Crippen molar-refractivity contribution in [1.82, 2.24) is 9.80 Å². The lowest BCUT2D eigenvalue weighted by atomic mass is 10.3. The van der Waals surface area contributed by atoms with Gasteiger partial charge in [-0.05, 0) is 46.1 Å². The summed E-state index contributed by atoms with van der Waals surface area (Å²) in [6, 6.07) is 7.20. The summed E-state index contributed by atoms with van der Waals surface area (Å²) < 4.78 is 5.48. The van der Waals surface area contributed by atoms with Crippen molar-refractivity contribution in [3.63, 3.8) is 0 Å². The molecule has 0 heterocycles. The van der Waals surface area contributed by atoms with Crippen LogP contribution in [0.4, 0.5) is 5.69 Å². The van der Waals surface area contributed by atoms with Crippen LogP contribution in [0.3, 0.4) is 0 Å². The van der Waals surface area contributed by atoms with Gasteiger partial charge in [0.25, 0.3) is 5.91 Å². The van der Waals surface area contributed by atoms with Crippen LogP contribution in [0.25, 0.3) is 0 Å². The second-order valence-electron chi connectivity index (χ2n) is 4.96. The monoisotopic (exact) mass is 279 g/mol. The first-order valence-corrected chi connectivity index (χ1v) is 6.94. The number of nitrogen functional groups attached to an aromatic ring is 1. The number of carbonyl (C=O) groups excluding carboxylic acids is 1. The molecule has 5 nitrogen and oxygen atoms in total. The number of likely N-dealkylation sites (N-methyl/N-ethyl adjacent to an activating group) is 1. The van der Waals surface area contributed by atoms with E-state index in [-0.39, 0.29) is 12.5 Å². The van der Waals surface area contributed by atoms with Gasteiger partial charge >= 0.3 is 0 Å². The molecule has 0 aliphatic heterocycles. The summed E-state index contributed by atoms with van der Waals surface area (Å²) in [6.45, 7) is 4.42. The van der Waals surface area contributed by atoms with Crippen molar-refractivity contribution in [2.24, 2.45) is 0 Å². The Balaban J connectivity index is 2.41. The first-order chi connectivity index (χ1) is 9.54. The van der Waals surface area contributed by atoms with E-state index in [9.17, 15) is 4.79 Å². The molecule has 112 valence electrons. The van der Waals surface area contributed by atoms with Crippen molar-refractivity contribution in [2.45, 2.75) is 13.3 Å². The standard InChI is InChI=1S/C15H25N3O2/c1-4-18(11-7-10-17(2)3)15(19)12-20-14-9-6-5-8-13(14)16/h5-6,8-9H,4,7,10-12,16H2,1-3H3. The fraction of sp³-hybridized carbons (Fsp3) is 0.533. The molecule has 1 aromatic rings. The molecule has 0 aliphatic carbocycles. The summed E-state index contributed by atoms with van der Waals surface area (Å²) in [5.74, 6) is 0.555. The fourth-order valence-electron chi connectivity index (χ4n) is 1.88. The van der Waals surface area contributed by atoms with E-state index >= 15 is 0 Å². The topological polar surface area (TPSA) is 58.8 Å². The number of rotatable bonds is 8. The zero-order valence-corrected chi connectivity index (χ0v) is 12.6. The van der Waals surface area contributed by atoms with Gasteiger partial charge in [0.2, 0.25) is 0 Å². The Kier molecular flexibility index (Phi) is 6.87. The zero-order valence-electron chi connectivity index (χ0n) is 12.6. The molecular formula is C15H25N3O2. The van der Waals surface area contributed by atoms with E-state index in [1.165, 1.54) is 0 Å². The average molecular weight is 279 g/mol. The minimum Gasteiger partial charge on any atom is -0.482 e.